The lowest BCUT2D eigenvalue weighted by molar-refractivity contribution is 0.282. The Morgan fingerprint density at radius 3 is 2.68 bits per heavy atom. The van der Waals surface area contributed by atoms with Crippen LogP contribution < -0.4 is 5.32 Å². The van der Waals surface area contributed by atoms with Crippen molar-refractivity contribution in [3.8, 4) is 11.4 Å². The number of rotatable bonds is 6. The first-order chi connectivity index (χ1) is 10.7. The summed E-state index contributed by atoms with van der Waals surface area (Å²) in [6, 6.07) is 7.48. The van der Waals surface area contributed by atoms with E-state index in [0.29, 0.717) is 24.2 Å². The van der Waals surface area contributed by atoms with E-state index in [0.717, 1.165) is 11.3 Å². The molecule has 114 valence electrons. The molecule has 0 radical (unpaired) electrons. The van der Waals surface area contributed by atoms with Gasteiger partial charge in [-0.2, -0.15) is 4.98 Å². The number of furan rings is 1. The minimum absolute atomic E-state index is 0.0341. The molecule has 22 heavy (non-hydrogen) atoms. The Hall–Kier alpha value is -2.47. The zero-order chi connectivity index (χ0) is 15.4. The maximum absolute atomic E-state index is 5.44. The third kappa shape index (κ3) is 3.23. The topological polar surface area (TPSA) is 77.0 Å². The van der Waals surface area contributed by atoms with Gasteiger partial charge in [0.05, 0.1) is 18.8 Å². The van der Waals surface area contributed by atoms with E-state index in [2.05, 4.69) is 34.3 Å². The second-order valence-electron chi connectivity index (χ2n) is 5.37. The van der Waals surface area contributed by atoms with Crippen LogP contribution in [0.4, 0.5) is 0 Å². The molecule has 0 aliphatic carbocycles. The van der Waals surface area contributed by atoms with Gasteiger partial charge in [-0.25, -0.2) is 0 Å². The van der Waals surface area contributed by atoms with E-state index in [9.17, 15) is 0 Å². The van der Waals surface area contributed by atoms with Crippen molar-refractivity contribution in [1.82, 2.24) is 20.4 Å². The number of hydrogen-bond acceptors (Lipinski definition) is 6. The molecule has 3 aromatic heterocycles. The molecule has 0 amide bonds. The Balaban J connectivity index is 1.76. The second-order valence-corrected chi connectivity index (χ2v) is 5.37. The molecule has 3 heterocycles. The molecular weight excluding hydrogens is 280 g/mol. The normalized spacial score (nSPS) is 12.7. The maximum Gasteiger partial charge on any atom is 0.244 e. The van der Waals surface area contributed by atoms with Crippen LogP contribution in [-0.4, -0.2) is 15.1 Å². The molecule has 0 spiro atoms. The zero-order valence-corrected chi connectivity index (χ0v) is 12.6. The molecule has 0 saturated carbocycles. The van der Waals surface area contributed by atoms with Crippen molar-refractivity contribution in [3.63, 3.8) is 0 Å². The minimum atomic E-state index is -0.0341. The predicted molar refractivity (Wildman–Crippen MR) is 80.7 cm³/mol. The van der Waals surface area contributed by atoms with Crippen molar-refractivity contribution < 1.29 is 8.94 Å². The summed E-state index contributed by atoms with van der Waals surface area (Å²) < 4.78 is 10.8. The molecule has 0 aromatic carbocycles. The number of aromatic nitrogens is 3. The summed E-state index contributed by atoms with van der Waals surface area (Å²) in [4.78, 5) is 8.49. The summed E-state index contributed by atoms with van der Waals surface area (Å²) in [6.45, 7) is 4.83. The molecule has 3 rings (SSSR count). The van der Waals surface area contributed by atoms with E-state index in [1.165, 1.54) is 0 Å². The van der Waals surface area contributed by atoms with Crippen LogP contribution in [0.2, 0.25) is 0 Å². The lowest BCUT2D eigenvalue weighted by atomic mass is 10.0. The van der Waals surface area contributed by atoms with Crippen LogP contribution in [0.1, 0.15) is 31.5 Å². The Morgan fingerprint density at radius 2 is 2.00 bits per heavy atom. The lowest BCUT2D eigenvalue weighted by Gasteiger charge is -2.17. The highest BCUT2D eigenvalue weighted by molar-refractivity contribution is 5.52. The Morgan fingerprint density at radius 1 is 1.18 bits per heavy atom. The summed E-state index contributed by atoms with van der Waals surface area (Å²) in [7, 11) is 0. The molecule has 0 bridgehead atoms. The van der Waals surface area contributed by atoms with Crippen molar-refractivity contribution in [2.24, 2.45) is 5.92 Å². The summed E-state index contributed by atoms with van der Waals surface area (Å²) in [5.74, 6) is 2.33. The number of nitrogens with zero attached hydrogens (tertiary/aromatic N) is 3. The van der Waals surface area contributed by atoms with Crippen LogP contribution in [-0.2, 0) is 6.54 Å². The van der Waals surface area contributed by atoms with E-state index >= 15 is 0 Å². The van der Waals surface area contributed by atoms with Crippen LogP contribution in [0.3, 0.4) is 0 Å². The van der Waals surface area contributed by atoms with Crippen LogP contribution in [0.25, 0.3) is 11.4 Å². The Bertz CT molecular complexity index is 692. The van der Waals surface area contributed by atoms with Gasteiger partial charge in [0.15, 0.2) is 0 Å². The zero-order valence-electron chi connectivity index (χ0n) is 12.6. The second kappa shape index (κ2) is 6.53. The van der Waals surface area contributed by atoms with Gasteiger partial charge in [0.25, 0.3) is 0 Å². The molecule has 0 aliphatic heterocycles. The van der Waals surface area contributed by atoms with Gasteiger partial charge in [-0.3, -0.25) is 10.3 Å². The summed E-state index contributed by atoms with van der Waals surface area (Å²) in [5.41, 5.74) is 0.888. The van der Waals surface area contributed by atoms with Gasteiger partial charge < -0.3 is 8.94 Å². The monoisotopic (exact) mass is 298 g/mol. The van der Waals surface area contributed by atoms with Crippen LogP contribution in [0, 0.1) is 5.92 Å². The fraction of sp³-hybridized carbons (Fsp3) is 0.312. The number of pyridine rings is 1. The molecule has 1 atom stereocenters. The van der Waals surface area contributed by atoms with Crippen molar-refractivity contribution in [2.75, 3.05) is 0 Å². The van der Waals surface area contributed by atoms with Gasteiger partial charge in [0.1, 0.15) is 5.76 Å². The SMILES string of the molecule is CC(C)C(NCc1ccco1)c1nc(-c2ccncc2)no1. The molecule has 0 fully saturated rings. The third-order valence-corrected chi connectivity index (χ3v) is 3.39. The average molecular weight is 298 g/mol. The van der Waals surface area contributed by atoms with E-state index in [-0.39, 0.29) is 6.04 Å². The highest BCUT2D eigenvalue weighted by atomic mass is 16.5. The first-order valence-electron chi connectivity index (χ1n) is 7.24. The van der Waals surface area contributed by atoms with Crippen molar-refractivity contribution in [3.05, 3.63) is 54.6 Å². The third-order valence-electron chi connectivity index (χ3n) is 3.39. The van der Waals surface area contributed by atoms with Crippen molar-refractivity contribution in [1.29, 1.82) is 0 Å². The fourth-order valence-electron chi connectivity index (χ4n) is 2.21. The molecule has 6 nitrogen and oxygen atoms in total. The Kier molecular flexibility index (Phi) is 4.29. The van der Waals surface area contributed by atoms with Crippen LogP contribution >= 0.6 is 0 Å². The van der Waals surface area contributed by atoms with Gasteiger partial charge in [-0.15, -0.1) is 0 Å². The van der Waals surface area contributed by atoms with E-state index in [1.54, 1.807) is 18.7 Å². The fourth-order valence-corrected chi connectivity index (χ4v) is 2.21. The van der Waals surface area contributed by atoms with Crippen molar-refractivity contribution in [2.45, 2.75) is 26.4 Å². The van der Waals surface area contributed by atoms with Crippen molar-refractivity contribution >= 4 is 0 Å². The molecule has 6 heteroatoms. The molecule has 0 aliphatic rings. The van der Waals surface area contributed by atoms with Gasteiger partial charge in [-0.1, -0.05) is 19.0 Å². The van der Waals surface area contributed by atoms with Gasteiger partial charge in [-0.05, 0) is 30.2 Å². The minimum Gasteiger partial charge on any atom is -0.468 e. The highest BCUT2D eigenvalue weighted by Gasteiger charge is 2.22. The highest BCUT2D eigenvalue weighted by Crippen LogP contribution is 2.23. The Labute approximate surface area is 128 Å². The van der Waals surface area contributed by atoms with Gasteiger partial charge in [0, 0.05) is 18.0 Å². The standard InChI is InChI=1S/C16H18N4O2/c1-11(2)14(18-10-13-4-3-9-21-13)16-19-15(20-22-16)12-5-7-17-8-6-12/h3-9,11,14,18H,10H2,1-2H3. The largest absolute Gasteiger partial charge is 0.468 e. The average Bonchev–Trinajstić information content (AvgIpc) is 3.20. The molecule has 3 aromatic rings. The number of nitrogens with one attached hydrogen (secondary N) is 1. The van der Waals surface area contributed by atoms with E-state index < -0.39 is 0 Å². The quantitative estimate of drug-likeness (QED) is 0.753. The molecule has 0 saturated heterocycles. The molecule has 1 unspecified atom stereocenters. The summed E-state index contributed by atoms with van der Waals surface area (Å²) in [5, 5.41) is 7.46. The van der Waals surface area contributed by atoms with Crippen LogP contribution in [0.5, 0.6) is 0 Å². The first kappa shape index (κ1) is 14.5. The lowest BCUT2D eigenvalue weighted by Crippen LogP contribution is -2.25. The first-order valence-corrected chi connectivity index (χ1v) is 7.24. The summed E-state index contributed by atoms with van der Waals surface area (Å²) >= 11 is 0. The molecule has 1 N–H and O–H groups in total. The maximum atomic E-state index is 5.44. The molecular formula is C16H18N4O2. The van der Waals surface area contributed by atoms with Gasteiger partial charge >= 0.3 is 0 Å². The smallest absolute Gasteiger partial charge is 0.244 e. The number of hydrogen-bond donors (Lipinski definition) is 1. The van der Waals surface area contributed by atoms with E-state index in [4.69, 9.17) is 8.94 Å². The van der Waals surface area contributed by atoms with Crippen LogP contribution in [0.15, 0.2) is 51.9 Å². The predicted octanol–water partition coefficient (Wildman–Crippen LogP) is 3.21. The van der Waals surface area contributed by atoms with Gasteiger partial charge in [0.2, 0.25) is 11.7 Å². The van der Waals surface area contributed by atoms with E-state index in [1.807, 2.05) is 24.3 Å². The summed E-state index contributed by atoms with van der Waals surface area (Å²) in [6.07, 6.45) is 5.08.